The fourth-order valence-corrected chi connectivity index (χ4v) is 2.97. The topological polar surface area (TPSA) is 92.7 Å². The van der Waals surface area contributed by atoms with E-state index in [9.17, 15) is 9.90 Å². The van der Waals surface area contributed by atoms with Crippen molar-refractivity contribution >= 4 is 40.6 Å². The van der Waals surface area contributed by atoms with Crippen molar-refractivity contribution in [2.75, 3.05) is 30.4 Å². The summed E-state index contributed by atoms with van der Waals surface area (Å²) in [6, 6.07) is 15.5. The molecule has 1 heterocycles. The molecule has 0 aliphatic heterocycles. The van der Waals surface area contributed by atoms with Crippen LogP contribution in [0.25, 0.3) is 10.9 Å². The van der Waals surface area contributed by atoms with E-state index in [1.54, 1.807) is 20.0 Å². The monoisotopic (exact) mass is 459 g/mol. The Bertz CT molecular complexity index is 1020. The normalized spacial score (nSPS) is 11.0. The number of carbonyl (C=O) groups excluding carboxylic acids is 1. The highest BCUT2D eigenvalue weighted by Crippen LogP contribution is 2.33. The summed E-state index contributed by atoms with van der Waals surface area (Å²) in [4.78, 5) is 16.7. The Hall–Kier alpha value is -2.87. The van der Waals surface area contributed by atoms with Gasteiger partial charge in [-0.25, -0.2) is 0 Å². The quantitative estimate of drug-likeness (QED) is 0.416. The van der Waals surface area contributed by atoms with Crippen molar-refractivity contribution in [1.82, 2.24) is 4.98 Å². The van der Waals surface area contributed by atoms with Gasteiger partial charge in [0.2, 0.25) is 5.91 Å². The summed E-state index contributed by atoms with van der Waals surface area (Å²) >= 11 is 0. The fraction of sp³-hybridized carbons (Fsp3) is 0.333. The number of pyridine rings is 1. The molecule has 0 saturated carbocycles. The number of fused-ring (bicyclic) bond motifs is 1. The number of anilines is 2. The number of benzene rings is 2. The first-order chi connectivity index (χ1) is 14.9. The molecule has 0 spiro atoms. The van der Waals surface area contributed by atoms with Gasteiger partial charge in [0.1, 0.15) is 19.0 Å². The Labute approximate surface area is 194 Å². The second kappa shape index (κ2) is 11.7. The fourth-order valence-electron chi connectivity index (χ4n) is 2.97. The van der Waals surface area contributed by atoms with Crippen LogP contribution >= 0.6 is 12.4 Å². The van der Waals surface area contributed by atoms with Crippen LogP contribution in [0.4, 0.5) is 11.4 Å². The lowest BCUT2D eigenvalue weighted by Crippen LogP contribution is -2.30. The van der Waals surface area contributed by atoms with Gasteiger partial charge in [-0.15, -0.1) is 12.4 Å². The largest absolute Gasteiger partial charge is 0.489 e. The molecule has 0 unspecified atom stereocenters. The second-order valence-corrected chi connectivity index (χ2v) is 7.85. The number of carbonyl (C=O) groups is 1. The maximum atomic E-state index is 12.2. The highest BCUT2D eigenvalue weighted by molar-refractivity contribution is 6.03. The predicted octanol–water partition coefficient (Wildman–Crippen LogP) is 4.39. The van der Waals surface area contributed by atoms with E-state index in [1.807, 2.05) is 55.5 Å². The lowest BCUT2D eigenvalue weighted by Gasteiger charge is -2.22. The molecule has 32 heavy (non-hydrogen) atoms. The lowest BCUT2D eigenvalue weighted by atomic mass is 10.1. The van der Waals surface area contributed by atoms with Crippen molar-refractivity contribution in [2.45, 2.75) is 33.0 Å². The number of hydrogen-bond donors (Lipinski definition) is 3. The van der Waals surface area contributed by atoms with Crippen LogP contribution in [-0.2, 0) is 16.1 Å². The van der Waals surface area contributed by atoms with E-state index in [4.69, 9.17) is 9.47 Å². The zero-order valence-corrected chi connectivity index (χ0v) is 19.4. The van der Waals surface area contributed by atoms with Crippen LogP contribution in [0.15, 0.2) is 54.7 Å². The number of nitrogens with zero attached hydrogens (tertiary/aromatic N) is 1. The van der Waals surface area contributed by atoms with Crippen molar-refractivity contribution in [3.05, 3.63) is 60.3 Å². The van der Waals surface area contributed by atoms with Crippen LogP contribution in [0.3, 0.4) is 0 Å². The van der Waals surface area contributed by atoms with Crippen LogP contribution in [-0.4, -0.2) is 41.4 Å². The summed E-state index contributed by atoms with van der Waals surface area (Å²) in [5.41, 5.74) is 2.05. The Morgan fingerprint density at radius 1 is 1.16 bits per heavy atom. The van der Waals surface area contributed by atoms with Gasteiger partial charge in [0, 0.05) is 18.5 Å². The summed E-state index contributed by atoms with van der Waals surface area (Å²) in [6.07, 6.45) is 1.60. The number of rotatable bonds is 10. The van der Waals surface area contributed by atoms with Crippen molar-refractivity contribution in [1.29, 1.82) is 0 Å². The molecule has 0 atom stereocenters. The average molecular weight is 460 g/mol. The molecule has 0 aliphatic carbocycles. The molecule has 1 aromatic heterocycles. The predicted molar refractivity (Wildman–Crippen MR) is 130 cm³/mol. The number of ether oxygens (including phenoxy) is 2. The van der Waals surface area contributed by atoms with E-state index in [1.165, 1.54) is 0 Å². The molecular formula is C24H30ClN3O4. The maximum Gasteiger partial charge on any atom is 0.250 e. The standard InChI is InChI=1S/C24H29N3O4.ClH/c1-4-30-15-22(28)27-21-13-25-20-11-10-18(31-14-17-8-6-5-7-9-17)12-19(20)23(21)26-16-24(2,3)29;/h5-13,29H,4,14-16H2,1-3H3,(H,25,26)(H,27,28);1H. The van der Waals surface area contributed by atoms with E-state index in [0.29, 0.717) is 30.3 Å². The number of amides is 1. The molecule has 172 valence electrons. The van der Waals surface area contributed by atoms with Gasteiger partial charge in [-0.1, -0.05) is 30.3 Å². The molecular weight excluding hydrogens is 430 g/mol. The Morgan fingerprint density at radius 2 is 1.91 bits per heavy atom. The lowest BCUT2D eigenvalue weighted by molar-refractivity contribution is -0.120. The molecule has 0 radical (unpaired) electrons. The highest BCUT2D eigenvalue weighted by atomic mass is 35.5. The minimum atomic E-state index is -0.941. The van der Waals surface area contributed by atoms with Gasteiger partial charge < -0.3 is 25.2 Å². The molecule has 3 N–H and O–H groups in total. The molecule has 1 amide bonds. The molecule has 7 nitrogen and oxygen atoms in total. The minimum Gasteiger partial charge on any atom is -0.489 e. The van der Waals surface area contributed by atoms with E-state index in [2.05, 4.69) is 15.6 Å². The molecule has 0 bridgehead atoms. The molecule has 8 heteroatoms. The van der Waals surface area contributed by atoms with Crippen LogP contribution < -0.4 is 15.4 Å². The summed E-state index contributed by atoms with van der Waals surface area (Å²) in [6.45, 7) is 6.40. The smallest absolute Gasteiger partial charge is 0.250 e. The molecule has 3 aromatic rings. The maximum absolute atomic E-state index is 12.2. The average Bonchev–Trinajstić information content (AvgIpc) is 2.75. The van der Waals surface area contributed by atoms with Gasteiger partial charge in [-0.3, -0.25) is 9.78 Å². The molecule has 3 rings (SSSR count). The third-order valence-corrected chi connectivity index (χ3v) is 4.50. The van der Waals surface area contributed by atoms with E-state index < -0.39 is 5.60 Å². The number of aliphatic hydroxyl groups is 1. The van der Waals surface area contributed by atoms with E-state index >= 15 is 0 Å². The van der Waals surface area contributed by atoms with Gasteiger partial charge >= 0.3 is 0 Å². The van der Waals surface area contributed by atoms with Crippen LogP contribution in [0.5, 0.6) is 5.75 Å². The summed E-state index contributed by atoms with van der Waals surface area (Å²) in [5, 5.41) is 17.1. The van der Waals surface area contributed by atoms with Crippen LogP contribution in [0.1, 0.15) is 26.3 Å². The van der Waals surface area contributed by atoms with Crippen molar-refractivity contribution in [3.8, 4) is 5.75 Å². The zero-order chi connectivity index (χ0) is 22.3. The second-order valence-electron chi connectivity index (χ2n) is 7.85. The number of hydrogen-bond acceptors (Lipinski definition) is 6. The number of halogens is 1. The molecule has 0 fully saturated rings. The Balaban J connectivity index is 0.00000363. The first-order valence-electron chi connectivity index (χ1n) is 10.3. The third-order valence-electron chi connectivity index (χ3n) is 4.50. The van der Waals surface area contributed by atoms with Crippen LogP contribution in [0.2, 0.25) is 0 Å². The van der Waals surface area contributed by atoms with Gasteiger partial charge in [-0.2, -0.15) is 0 Å². The summed E-state index contributed by atoms with van der Waals surface area (Å²) in [5.74, 6) is 0.410. The van der Waals surface area contributed by atoms with Gasteiger partial charge in [-0.05, 0) is 44.5 Å². The first kappa shape index (κ1) is 25.4. The number of nitrogens with one attached hydrogen (secondary N) is 2. The number of aromatic nitrogens is 1. The zero-order valence-electron chi connectivity index (χ0n) is 18.6. The van der Waals surface area contributed by atoms with Gasteiger partial charge in [0.05, 0.1) is 28.7 Å². The SMILES string of the molecule is CCOCC(=O)Nc1cnc2ccc(OCc3ccccc3)cc2c1NCC(C)(C)O.Cl. The third kappa shape index (κ3) is 7.37. The Morgan fingerprint density at radius 3 is 2.59 bits per heavy atom. The Kier molecular flexibility index (Phi) is 9.26. The van der Waals surface area contributed by atoms with Crippen LogP contribution in [0, 0.1) is 0 Å². The first-order valence-corrected chi connectivity index (χ1v) is 10.3. The highest BCUT2D eigenvalue weighted by Gasteiger charge is 2.17. The van der Waals surface area contributed by atoms with Crippen molar-refractivity contribution < 1.29 is 19.4 Å². The minimum absolute atomic E-state index is 0. The van der Waals surface area contributed by atoms with E-state index in [0.717, 1.165) is 16.5 Å². The van der Waals surface area contributed by atoms with Crippen molar-refractivity contribution in [2.24, 2.45) is 0 Å². The van der Waals surface area contributed by atoms with Gasteiger partial charge in [0.15, 0.2) is 0 Å². The van der Waals surface area contributed by atoms with E-state index in [-0.39, 0.29) is 31.5 Å². The molecule has 0 aliphatic rings. The van der Waals surface area contributed by atoms with Crippen molar-refractivity contribution in [3.63, 3.8) is 0 Å². The molecule has 0 saturated heterocycles. The molecule has 2 aromatic carbocycles. The summed E-state index contributed by atoms with van der Waals surface area (Å²) in [7, 11) is 0. The van der Waals surface area contributed by atoms with Gasteiger partial charge in [0.25, 0.3) is 0 Å². The summed E-state index contributed by atoms with van der Waals surface area (Å²) < 4.78 is 11.2.